The molecular formula is C10H15Br. The largest absolute Gasteiger partial charge is 0.0830 e. The fourth-order valence-corrected chi connectivity index (χ4v) is 1.49. The van der Waals surface area contributed by atoms with Crippen molar-refractivity contribution in [3.8, 4) is 0 Å². The lowest BCUT2D eigenvalue weighted by Crippen LogP contribution is -2.33. The van der Waals surface area contributed by atoms with Crippen molar-refractivity contribution in [2.45, 2.75) is 31.5 Å². The van der Waals surface area contributed by atoms with E-state index in [1.807, 2.05) is 0 Å². The normalized spacial score (nSPS) is 22.2. The van der Waals surface area contributed by atoms with Crippen LogP contribution in [0.15, 0.2) is 24.3 Å². The fraction of sp³-hybridized carbons (Fsp3) is 0.600. The zero-order valence-electron chi connectivity index (χ0n) is 7.39. The Morgan fingerprint density at radius 1 is 1.18 bits per heavy atom. The maximum atomic E-state index is 3.74. The van der Waals surface area contributed by atoms with Gasteiger partial charge in [0.15, 0.2) is 0 Å². The summed E-state index contributed by atoms with van der Waals surface area (Å²) in [7, 11) is 0. The van der Waals surface area contributed by atoms with Crippen molar-refractivity contribution in [3.05, 3.63) is 24.3 Å². The van der Waals surface area contributed by atoms with Crippen LogP contribution in [0.5, 0.6) is 0 Å². The number of halogens is 1. The van der Waals surface area contributed by atoms with E-state index in [2.05, 4.69) is 61.0 Å². The van der Waals surface area contributed by atoms with Crippen molar-refractivity contribution in [2.75, 3.05) is 0 Å². The summed E-state index contributed by atoms with van der Waals surface area (Å²) >= 11 is 3.74. The van der Waals surface area contributed by atoms with E-state index in [1.165, 1.54) is 0 Å². The van der Waals surface area contributed by atoms with Crippen molar-refractivity contribution in [1.29, 1.82) is 0 Å². The topological polar surface area (TPSA) is 0 Å². The van der Waals surface area contributed by atoms with E-state index in [0.717, 1.165) is 6.42 Å². The summed E-state index contributed by atoms with van der Waals surface area (Å²) in [5.41, 5.74) is 0.250. The second-order valence-electron chi connectivity index (χ2n) is 4.06. The lowest BCUT2D eigenvalue weighted by Gasteiger charge is -2.36. The highest BCUT2D eigenvalue weighted by molar-refractivity contribution is 9.10. The average molecular weight is 215 g/mol. The SMILES string of the molecule is CC(C)(C)C1(Br)C=CCC=C1. The molecule has 0 amide bonds. The van der Waals surface area contributed by atoms with E-state index in [9.17, 15) is 0 Å². The summed E-state index contributed by atoms with van der Waals surface area (Å²) in [4.78, 5) is 0. The van der Waals surface area contributed by atoms with Gasteiger partial charge in [-0.2, -0.15) is 0 Å². The molecule has 1 aliphatic carbocycles. The van der Waals surface area contributed by atoms with Crippen molar-refractivity contribution in [1.82, 2.24) is 0 Å². The van der Waals surface area contributed by atoms with Gasteiger partial charge in [0.2, 0.25) is 0 Å². The summed E-state index contributed by atoms with van der Waals surface area (Å²) in [5.74, 6) is 0. The Labute approximate surface area is 77.5 Å². The molecule has 0 radical (unpaired) electrons. The van der Waals surface area contributed by atoms with Gasteiger partial charge in [-0.1, -0.05) is 61.0 Å². The van der Waals surface area contributed by atoms with Gasteiger partial charge in [-0.15, -0.1) is 0 Å². The first-order valence-corrected chi connectivity index (χ1v) is 4.79. The van der Waals surface area contributed by atoms with Crippen molar-refractivity contribution < 1.29 is 0 Å². The van der Waals surface area contributed by atoms with Gasteiger partial charge < -0.3 is 0 Å². The zero-order chi connectivity index (χ0) is 8.54. The molecule has 0 saturated carbocycles. The quantitative estimate of drug-likeness (QED) is 0.427. The standard InChI is InChI=1S/C10H15Br/c1-9(2,3)10(11)7-5-4-6-8-10/h5-8H,4H2,1-3H3. The highest BCUT2D eigenvalue weighted by atomic mass is 79.9. The zero-order valence-corrected chi connectivity index (χ0v) is 8.98. The van der Waals surface area contributed by atoms with Crippen LogP contribution < -0.4 is 0 Å². The lowest BCUT2D eigenvalue weighted by atomic mass is 9.78. The predicted octanol–water partition coefficient (Wildman–Crippen LogP) is 3.68. The molecule has 1 aliphatic rings. The molecule has 0 aromatic rings. The van der Waals surface area contributed by atoms with Crippen LogP contribution in [-0.2, 0) is 0 Å². The Kier molecular flexibility index (Phi) is 2.29. The van der Waals surface area contributed by atoms with Gasteiger partial charge in [-0.25, -0.2) is 0 Å². The first kappa shape index (κ1) is 9.05. The Bertz CT molecular complexity index is 181. The van der Waals surface area contributed by atoms with E-state index < -0.39 is 0 Å². The van der Waals surface area contributed by atoms with Crippen LogP contribution in [0, 0.1) is 5.41 Å². The lowest BCUT2D eigenvalue weighted by molar-refractivity contribution is 0.378. The molecule has 0 aliphatic heterocycles. The number of allylic oxidation sites excluding steroid dienone is 4. The van der Waals surface area contributed by atoms with Gasteiger partial charge in [-0.05, 0) is 11.8 Å². The van der Waals surface area contributed by atoms with Crippen LogP contribution in [0.3, 0.4) is 0 Å². The number of alkyl halides is 1. The predicted molar refractivity (Wildman–Crippen MR) is 54.0 cm³/mol. The molecule has 1 heteroatoms. The van der Waals surface area contributed by atoms with Gasteiger partial charge in [0.05, 0.1) is 4.32 Å². The van der Waals surface area contributed by atoms with Crippen molar-refractivity contribution in [2.24, 2.45) is 5.41 Å². The minimum atomic E-state index is 0.0677. The highest BCUT2D eigenvalue weighted by Crippen LogP contribution is 2.42. The number of rotatable bonds is 0. The van der Waals surface area contributed by atoms with Crippen molar-refractivity contribution >= 4 is 15.9 Å². The molecule has 1 rings (SSSR count). The summed E-state index contributed by atoms with van der Waals surface area (Å²) in [6.07, 6.45) is 9.98. The van der Waals surface area contributed by atoms with Crippen LogP contribution in [0.25, 0.3) is 0 Å². The van der Waals surface area contributed by atoms with Gasteiger partial charge in [-0.3, -0.25) is 0 Å². The molecule has 0 unspecified atom stereocenters. The van der Waals surface area contributed by atoms with Gasteiger partial charge >= 0.3 is 0 Å². The molecule has 0 bridgehead atoms. The Hall–Kier alpha value is -0.0400. The van der Waals surface area contributed by atoms with E-state index in [0.29, 0.717) is 0 Å². The maximum absolute atomic E-state index is 3.74. The summed E-state index contributed by atoms with van der Waals surface area (Å²) in [6.45, 7) is 6.71. The van der Waals surface area contributed by atoms with E-state index in [1.54, 1.807) is 0 Å². The van der Waals surface area contributed by atoms with Crippen LogP contribution in [0.1, 0.15) is 27.2 Å². The monoisotopic (exact) mass is 214 g/mol. The minimum Gasteiger partial charge on any atom is -0.0830 e. The molecule has 0 atom stereocenters. The molecule has 0 aromatic heterocycles. The third-order valence-corrected chi connectivity index (χ3v) is 3.86. The van der Waals surface area contributed by atoms with Crippen LogP contribution >= 0.6 is 15.9 Å². The maximum Gasteiger partial charge on any atom is 0.0664 e. The molecule has 11 heavy (non-hydrogen) atoms. The third-order valence-electron chi connectivity index (χ3n) is 2.14. The molecule has 0 aromatic carbocycles. The molecule has 0 spiro atoms. The highest BCUT2D eigenvalue weighted by Gasteiger charge is 2.35. The molecule has 0 N–H and O–H groups in total. The molecule has 0 nitrogen and oxygen atoms in total. The summed E-state index contributed by atoms with van der Waals surface area (Å²) < 4.78 is 0.0677. The van der Waals surface area contributed by atoms with E-state index in [4.69, 9.17) is 0 Å². The van der Waals surface area contributed by atoms with Gasteiger partial charge in [0.25, 0.3) is 0 Å². The van der Waals surface area contributed by atoms with E-state index in [-0.39, 0.29) is 9.74 Å². The van der Waals surface area contributed by atoms with Crippen LogP contribution in [-0.4, -0.2) is 4.32 Å². The number of hydrogen-bond donors (Lipinski definition) is 0. The minimum absolute atomic E-state index is 0.0677. The van der Waals surface area contributed by atoms with Gasteiger partial charge in [0.1, 0.15) is 0 Å². The average Bonchev–Trinajstić information content (AvgIpc) is 1.87. The number of hydrogen-bond acceptors (Lipinski definition) is 0. The first-order chi connectivity index (χ1) is 4.96. The fourth-order valence-electron chi connectivity index (χ4n) is 1.11. The molecular weight excluding hydrogens is 200 g/mol. The molecule has 0 heterocycles. The second-order valence-corrected chi connectivity index (χ2v) is 5.37. The van der Waals surface area contributed by atoms with Crippen LogP contribution in [0.4, 0.5) is 0 Å². The molecule has 62 valence electrons. The summed E-state index contributed by atoms with van der Waals surface area (Å²) in [5, 5.41) is 0. The Morgan fingerprint density at radius 3 is 1.91 bits per heavy atom. The van der Waals surface area contributed by atoms with Gasteiger partial charge in [0, 0.05) is 0 Å². The molecule has 0 saturated heterocycles. The molecule has 0 fully saturated rings. The second kappa shape index (κ2) is 2.78. The Balaban J connectivity index is 2.90. The van der Waals surface area contributed by atoms with E-state index >= 15 is 0 Å². The first-order valence-electron chi connectivity index (χ1n) is 4.00. The third kappa shape index (κ3) is 1.76. The van der Waals surface area contributed by atoms with Crippen molar-refractivity contribution in [3.63, 3.8) is 0 Å². The summed E-state index contributed by atoms with van der Waals surface area (Å²) in [6, 6.07) is 0. The van der Waals surface area contributed by atoms with Crippen LogP contribution in [0.2, 0.25) is 0 Å². The smallest absolute Gasteiger partial charge is 0.0664 e. The Morgan fingerprint density at radius 2 is 1.64 bits per heavy atom.